The predicted octanol–water partition coefficient (Wildman–Crippen LogP) is 2.42. The first-order valence-corrected chi connectivity index (χ1v) is 8.99. The van der Waals surface area contributed by atoms with Crippen molar-refractivity contribution in [1.82, 2.24) is 4.72 Å². The summed E-state index contributed by atoms with van der Waals surface area (Å²) in [4.78, 5) is 10.8. The van der Waals surface area contributed by atoms with Gasteiger partial charge >= 0.3 is 5.97 Å². The summed E-state index contributed by atoms with van der Waals surface area (Å²) in [6.45, 7) is 1.78. The fraction of sp³-hybridized carbons (Fsp3) is 0.250. The lowest BCUT2D eigenvalue weighted by Crippen LogP contribution is -2.33. The summed E-state index contributed by atoms with van der Waals surface area (Å²) in [5, 5.41) is 12.7. The number of hydrogen-bond acceptors (Lipinski definition) is 5. The molecular weight excluding hydrogens is 318 g/mol. The second-order valence-corrected chi connectivity index (χ2v) is 8.09. The van der Waals surface area contributed by atoms with Crippen LogP contribution >= 0.6 is 22.7 Å². The topological polar surface area (TPSA) is 83.5 Å². The van der Waals surface area contributed by atoms with Crippen LogP contribution in [0.5, 0.6) is 0 Å². The van der Waals surface area contributed by atoms with E-state index < -0.39 is 16.0 Å². The first-order valence-electron chi connectivity index (χ1n) is 5.75. The monoisotopic (exact) mass is 331 g/mol. The Hall–Kier alpha value is -1.22. The van der Waals surface area contributed by atoms with Crippen molar-refractivity contribution in [3.63, 3.8) is 0 Å². The van der Waals surface area contributed by atoms with Gasteiger partial charge in [0, 0.05) is 6.04 Å². The number of hydrogen-bond donors (Lipinski definition) is 2. The molecule has 0 aliphatic rings. The van der Waals surface area contributed by atoms with E-state index in [4.69, 9.17) is 5.11 Å². The summed E-state index contributed by atoms with van der Waals surface area (Å²) >= 11 is 2.31. The SMILES string of the molecule is CC(Cc1ccsc1)NS(=O)(=O)c1ccc(C(=O)O)s1. The van der Waals surface area contributed by atoms with Crippen LogP contribution in [0.25, 0.3) is 0 Å². The van der Waals surface area contributed by atoms with E-state index in [9.17, 15) is 13.2 Å². The first-order chi connectivity index (χ1) is 9.38. The molecule has 0 saturated heterocycles. The molecule has 0 aliphatic heterocycles. The van der Waals surface area contributed by atoms with Gasteiger partial charge in [-0.15, -0.1) is 11.3 Å². The molecule has 0 fully saturated rings. The van der Waals surface area contributed by atoms with Gasteiger partial charge in [0.2, 0.25) is 10.0 Å². The summed E-state index contributed by atoms with van der Waals surface area (Å²) in [6.07, 6.45) is 0.597. The highest BCUT2D eigenvalue weighted by Crippen LogP contribution is 2.22. The number of aromatic carboxylic acids is 1. The highest BCUT2D eigenvalue weighted by molar-refractivity contribution is 7.91. The molecule has 2 aromatic rings. The predicted molar refractivity (Wildman–Crippen MR) is 79.1 cm³/mol. The summed E-state index contributed by atoms with van der Waals surface area (Å²) in [5.74, 6) is -1.12. The smallest absolute Gasteiger partial charge is 0.345 e. The number of sulfonamides is 1. The van der Waals surface area contributed by atoms with E-state index in [-0.39, 0.29) is 15.1 Å². The molecule has 1 unspecified atom stereocenters. The fourth-order valence-corrected chi connectivity index (χ4v) is 4.79. The van der Waals surface area contributed by atoms with E-state index in [1.54, 1.807) is 18.3 Å². The van der Waals surface area contributed by atoms with Crippen molar-refractivity contribution in [2.45, 2.75) is 23.6 Å². The van der Waals surface area contributed by atoms with Crippen LogP contribution < -0.4 is 4.72 Å². The van der Waals surface area contributed by atoms with Crippen molar-refractivity contribution < 1.29 is 18.3 Å². The first kappa shape index (κ1) is 15.2. The summed E-state index contributed by atoms with van der Waals surface area (Å²) in [7, 11) is -3.67. The molecular formula is C12H13NO4S3. The third-order valence-electron chi connectivity index (χ3n) is 2.54. The molecule has 8 heteroatoms. The molecule has 2 heterocycles. The average molecular weight is 331 g/mol. The molecule has 1 atom stereocenters. The summed E-state index contributed by atoms with van der Waals surface area (Å²) in [6, 6.07) is 4.30. The quantitative estimate of drug-likeness (QED) is 0.851. The van der Waals surface area contributed by atoms with Crippen LogP contribution in [0.2, 0.25) is 0 Å². The van der Waals surface area contributed by atoms with Crippen LogP contribution in [0.15, 0.2) is 33.2 Å². The lowest BCUT2D eigenvalue weighted by molar-refractivity contribution is 0.0702. The van der Waals surface area contributed by atoms with Crippen LogP contribution in [0, 0.1) is 0 Å². The van der Waals surface area contributed by atoms with E-state index in [1.165, 1.54) is 12.1 Å². The Morgan fingerprint density at radius 1 is 1.40 bits per heavy atom. The Labute approximate surface area is 124 Å². The minimum absolute atomic E-state index is 0.0101. The van der Waals surface area contributed by atoms with Crippen molar-refractivity contribution in [2.75, 3.05) is 0 Å². The second kappa shape index (κ2) is 6.04. The Balaban J connectivity index is 2.08. The van der Waals surface area contributed by atoms with E-state index in [2.05, 4.69) is 4.72 Å². The van der Waals surface area contributed by atoms with Gasteiger partial charge in [0.25, 0.3) is 0 Å². The third kappa shape index (κ3) is 3.66. The Morgan fingerprint density at radius 2 is 2.15 bits per heavy atom. The van der Waals surface area contributed by atoms with E-state index >= 15 is 0 Å². The molecule has 0 amide bonds. The minimum Gasteiger partial charge on any atom is -0.477 e. The lowest BCUT2D eigenvalue weighted by atomic mass is 10.1. The molecule has 2 N–H and O–H groups in total. The van der Waals surface area contributed by atoms with Gasteiger partial charge in [0.05, 0.1) is 0 Å². The van der Waals surface area contributed by atoms with Gasteiger partial charge in [-0.1, -0.05) is 0 Å². The van der Waals surface area contributed by atoms with Crippen molar-refractivity contribution >= 4 is 38.7 Å². The van der Waals surface area contributed by atoms with Gasteiger partial charge < -0.3 is 5.11 Å². The molecule has 0 aliphatic carbocycles. The highest BCUT2D eigenvalue weighted by Gasteiger charge is 2.21. The Morgan fingerprint density at radius 3 is 2.70 bits per heavy atom. The van der Waals surface area contributed by atoms with Gasteiger partial charge in [-0.25, -0.2) is 17.9 Å². The third-order valence-corrected chi connectivity index (χ3v) is 6.42. The molecule has 0 spiro atoms. The largest absolute Gasteiger partial charge is 0.477 e. The number of carboxylic acids is 1. The lowest BCUT2D eigenvalue weighted by Gasteiger charge is -2.12. The van der Waals surface area contributed by atoms with Crippen LogP contribution in [0.1, 0.15) is 22.2 Å². The second-order valence-electron chi connectivity index (χ2n) is 4.28. The maximum absolute atomic E-state index is 12.1. The van der Waals surface area contributed by atoms with E-state index in [1.807, 2.05) is 16.8 Å². The fourth-order valence-electron chi connectivity index (χ4n) is 1.71. The number of nitrogens with one attached hydrogen (secondary N) is 1. The van der Waals surface area contributed by atoms with Crippen molar-refractivity contribution in [3.8, 4) is 0 Å². The molecule has 0 saturated carbocycles. The van der Waals surface area contributed by atoms with E-state index in [0.717, 1.165) is 16.9 Å². The van der Waals surface area contributed by atoms with Gasteiger partial charge in [0.15, 0.2) is 0 Å². The summed E-state index contributed by atoms with van der Waals surface area (Å²) < 4.78 is 26.8. The number of rotatable bonds is 6. The summed E-state index contributed by atoms with van der Waals surface area (Å²) in [5.41, 5.74) is 1.07. The average Bonchev–Trinajstić information content (AvgIpc) is 2.97. The molecule has 20 heavy (non-hydrogen) atoms. The maximum atomic E-state index is 12.1. The molecule has 2 aromatic heterocycles. The molecule has 0 bridgehead atoms. The molecule has 2 rings (SSSR count). The van der Waals surface area contributed by atoms with Crippen LogP contribution in [-0.4, -0.2) is 25.5 Å². The zero-order chi connectivity index (χ0) is 14.8. The Kier molecular flexibility index (Phi) is 4.59. The molecule has 0 radical (unpaired) electrons. The molecule has 5 nitrogen and oxygen atoms in total. The molecule has 0 aromatic carbocycles. The van der Waals surface area contributed by atoms with Gasteiger partial charge in [0.1, 0.15) is 9.09 Å². The van der Waals surface area contributed by atoms with Gasteiger partial charge in [-0.05, 0) is 47.9 Å². The number of carbonyl (C=O) groups is 1. The van der Waals surface area contributed by atoms with Crippen LogP contribution in [0.4, 0.5) is 0 Å². The zero-order valence-electron chi connectivity index (χ0n) is 10.6. The highest BCUT2D eigenvalue weighted by atomic mass is 32.2. The van der Waals surface area contributed by atoms with Gasteiger partial charge in [-0.3, -0.25) is 0 Å². The van der Waals surface area contributed by atoms with Crippen molar-refractivity contribution in [3.05, 3.63) is 39.4 Å². The maximum Gasteiger partial charge on any atom is 0.345 e. The van der Waals surface area contributed by atoms with Crippen LogP contribution in [-0.2, 0) is 16.4 Å². The number of carboxylic acid groups (broad SMARTS) is 1. The van der Waals surface area contributed by atoms with Gasteiger partial charge in [-0.2, -0.15) is 11.3 Å². The van der Waals surface area contributed by atoms with E-state index in [0.29, 0.717) is 6.42 Å². The normalized spacial score (nSPS) is 13.2. The Bertz CT molecular complexity index is 688. The number of thiophene rings is 2. The zero-order valence-corrected chi connectivity index (χ0v) is 13.0. The standard InChI is InChI=1S/C12H13NO4S3/c1-8(6-9-4-5-18-7-9)13-20(16,17)11-3-2-10(19-11)12(14)15/h2-5,7-8,13H,6H2,1H3,(H,14,15). The molecule has 108 valence electrons. The minimum atomic E-state index is -3.67. The van der Waals surface area contributed by atoms with Crippen molar-refractivity contribution in [1.29, 1.82) is 0 Å². The van der Waals surface area contributed by atoms with Crippen LogP contribution in [0.3, 0.4) is 0 Å². The van der Waals surface area contributed by atoms with Crippen molar-refractivity contribution in [2.24, 2.45) is 0 Å².